The van der Waals surface area contributed by atoms with E-state index in [1.807, 2.05) is 54.3 Å². The second-order valence-electron chi connectivity index (χ2n) is 6.54. The van der Waals surface area contributed by atoms with Crippen molar-refractivity contribution in [3.63, 3.8) is 0 Å². The molecule has 0 saturated heterocycles. The van der Waals surface area contributed by atoms with Crippen LogP contribution in [0.5, 0.6) is 0 Å². The summed E-state index contributed by atoms with van der Waals surface area (Å²) in [4.78, 5) is 14.9. The van der Waals surface area contributed by atoms with Gasteiger partial charge in [0.2, 0.25) is 0 Å². The Morgan fingerprint density at radius 1 is 1.08 bits per heavy atom. The van der Waals surface area contributed by atoms with Crippen LogP contribution in [0.3, 0.4) is 0 Å². The van der Waals surface area contributed by atoms with E-state index < -0.39 is 0 Å². The van der Waals surface area contributed by atoms with Gasteiger partial charge in [0.25, 0.3) is 0 Å². The lowest BCUT2D eigenvalue weighted by Gasteiger charge is -2.27. The number of amides is 2. The van der Waals surface area contributed by atoms with Gasteiger partial charge < -0.3 is 14.8 Å². The number of hydrogen-bond donors (Lipinski definition) is 1. The van der Waals surface area contributed by atoms with E-state index >= 15 is 0 Å². The maximum absolute atomic E-state index is 13.0. The minimum absolute atomic E-state index is 0.0211. The minimum atomic E-state index is -0.0810. The van der Waals surface area contributed by atoms with Gasteiger partial charge in [-0.25, -0.2) is 4.79 Å². The predicted molar refractivity (Wildman–Crippen MR) is 99.9 cm³/mol. The number of nitrogens with one attached hydrogen (secondary N) is 1. The number of anilines is 1. The summed E-state index contributed by atoms with van der Waals surface area (Å²) in [6, 6.07) is 20.1. The third-order valence-electron chi connectivity index (χ3n) is 4.80. The van der Waals surface area contributed by atoms with Gasteiger partial charge in [0.15, 0.2) is 0 Å². The van der Waals surface area contributed by atoms with E-state index in [1.54, 1.807) is 0 Å². The molecule has 3 aromatic rings. The summed E-state index contributed by atoms with van der Waals surface area (Å²) in [5, 5.41) is 3.04. The highest BCUT2D eigenvalue weighted by Crippen LogP contribution is 2.32. The molecule has 0 aliphatic carbocycles. The number of aromatic nitrogens is 1. The van der Waals surface area contributed by atoms with Crippen LogP contribution in [0.1, 0.15) is 29.8 Å². The van der Waals surface area contributed by atoms with Crippen LogP contribution in [0.2, 0.25) is 0 Å². The highest BCUT2D eigenvalue weighted by Gasteiger charge is 2.28. The van der Waals surface area contributed by atoms with Gasteiger partial charge in [-0.15, -0.1) is 0 Å². The Morgan fingerprint density at radius 2 is 1.92 bits per heavy atom. The van der Waals surface area contributed by atoms with E-state index in [4.69, 9.17) is 0 Å². The molecule has 0 bridgehead atoms. The Morgan fingerprint density at radius 3 is 2.76 bits per heavy atom. The van der Waals surface area contributed by atoms with Gasteiger partial charge in [-0.1, -0.05) is 30.3 Å². The first kappa shape index (κ1) is 15.5. The number of carbonyl (C=O) groups excluding carboxylic acids is 1. The van der Waals surface area contributed by atoms with Crippen LogP contribution in [0, 0.1) is 6.92 Å². The molecule has 1 N–H and O–H groups in total. The van der Waals surface area contributed by atoms with Crippen LogP contribution in [0.25, 0.3) is 5.69 Å². The smallest absolute Gasteiger partial charge is 0.318 e. The predicted octanol–water partition coefficient (Wildman–Crippen LogP) is 4.89. The standard InChI is InChI=1S/C21H21N3O/c1-15-7-5-9-18(13-15)22-21(25)24-14-17-8-3-4-10-20(17)23-12-6-11-19(23)16(24)2/h3-13,16H,14H2,1-2H3,(H,22,25). The van der Waals surface area contributed by atoms with Crippen molar-refractivity contribution in [1.82, 2.24) is 9.47 Å². The quantitative estimate of drug-likeness (QED) is 0.677. The lowest BCUT2D eigenvalue weighted by atomic mass is 10.1. The van der Waals surface area contributed by atoms with E-state index in [0.29, 0.717) is 6.54 Å². The van der Waals surface area contributed by atoms with Crippen molar-refractivity contribution in [2.45, 2.75) is 26.4 Å². The maximum atomic E-state index is 13.0. The summed E-state index contributed by atoms with van der Waals surface area (Å²) in [7, 11) is 0. The number of hydrogen-bond acceptors (Lipinski definition) is 1. The maximum Gasteiger partial charge on any atom is 0.322 e. The molecular weight excluding hydrogens is 310 g/mol. The molecule has 4 heteroatoms. The third-order valence-corrected chi connectivity index (χ3v) is 4.80. The number of para-hydroxylation sites is 1. The minimum Gasteiger partial charge on any atom is -0.318 e. The van der Waals surface area contributed by atoms with Crippen LogP contribution in [-0.4, -0.2) is 15.5 Å². The molecule has 0 radical (unpaired) electrons. The number of fused-ring (bicyclic) bond motifs is 3. The van der Waals surface area contributed by atoms with Crippen LogP contribution < -0.4 is 5.32 Å². The van der Waals surface area contributed by atoms with Crippen molar-refractivity contribution in [1.29, 1.82) is 0 Å². The van der Waals surface area contributed by atoms with E-state index in [1.165, 1.54) is 0 Å². The molecule has 2 amide bonds. The summed E-state index contributed by atoms with van der Waals surface area (Å²) >= 11 is 0. The van der Waals surface area contributed by atoms with Crippen LogP contribution in [0.4, 0.5) is 10.5 Å². The summed E-state index contributed by atoms with van der Waals surface area (Å²) < 4.78 is 2.18. The van der Waals surface area contributed by atoms with Crippen molar-refractivity contribution in [3.8, 4) is 5.69 Å². The molecule has 4 rings (SSSR count). The van der Waals surface area contributed by atoms with E-state index in [2.05, 4.69) is 41.2 Å². The molecule has 25 heavy (non-hydrogen) atoms. The largest absolute Gasteiger partial charge is 0.322 e. The number of urea groups is 1. The normalized spacial score (nSPS) is 15.9. The zero-order chi connectivity index (χ0) is 17.4. The van der Waals surface area contributed by atoms with Crippen molar-refractivity contribution < 1.29 is 4.79 Å². The highest BCUT2D eigenvalue weighted by molar-refractivity contribution is 5.89. The average Bonchev–Trinajstić information content (AvgIpc) is 3.05. The Balaban J connectivity index is 1.70. The Kier molecular flexibility index (Phi) is 3.80. The molecule has 4 nitrogen and oxygen atoms in total. The van der Waals surface area contributed by atoms with Gasteiger partial charge in [-0.2, -0.15) is 0 Å². The van der Waals surface area contributed by atoms with Gasteiger partial charge in [0.1, 0.15) is 0 Å². The summed E-state index contributed by atoms with van der Waals surface area (Å²) in [5.41, 5.74) is 5.35. The van der Waals surface area contributed by atoms with E-state index in [0.717, 1.165) is 28.2 Å². The lowest BCUT2D eigenvalue weighted by molar-refractivity contribution is 0.189. The second kappa shape index (κ2) is 6.13. The van der Waals surface area contributed by atoms with Crippen molar-refractivity contribution in [2.24, 2.45) is 0 Å². The number of rotatable bonds is 1. The van der Waals surface area contributed by atoms with Crippen molar-refractivity contribution in [3.05, 3.63) is 83.7 Å². The topological polar surface area (TPSA) is 37.3 Å². The van der Waals surface area contributed by atoms with E-state index in [-0.39, 0.29) is 12.1 Å². The number of nitrogens with zero attached hydrogens (tertiary/aromatic N) is 2. The first-order chi connectivity index (χ1) is 12.1. The zero-order valence-electron chi connectivity index (χ0n) is 14.4. The van der Waals surface area contributed by atoms with Gasteiger partial charge in [0.05, 0.1) is 18.3 Å². The number of aryl methyl sites for hydroxylation is 1. The molecule has 1 aromatic heterocycles. The second-order valence-corrected chi connectivity index (χ2v) is 6.54. The molecular formula is C21H21N3O. The SMILES string of the molecule is Cc1cccc(NC(=O)N2Cc3ccccc3-n3cccc3C2C)c1. The number of carbonyl (C=O) groups is 1. The molecule has 1 aliphatic heterocycles. The van der Waals surface area contributed by atoms with Crippen molar-refractivity contribution in [2.75, 3.05) is 5.32 Å². The van der Waals surface area contributed by atoms with E-state index in [9.17, 15) is 4.79 Å². The summed E-state index contributed by atoms with van der Waals surface area (Å²) in [6.07, 6.45) is 2.06. The fourth-order valence-electron chi connectivity index (χ4n) is 3.48. The first-order valence-electron chi connectivity index (χ1n) is 8.53. The van der Waals surface area contributed by atoms with Crippen LogP contribution >= 0.6 is 0 Å². The molecule has 1 atom stereocenters. The Hall–Kier alpha value is -3.01. The molecule has 1 unspecified atom stereocenters. The molecule has 1 aliphatic rings. The lowest BCUT2D eigenvalue weighted by Crippen LogP contribution is -2.36. The molecule has 0 spiro atoms. The Labute approximate surface area is 147 Å². The van der Waals surface area contributed by atoms with Crippen LogP contribution in [-0.2, 0) is 6.54 Å². The van der Waals surface area contributed by atoms with Crippen LogP contribution in [0.15, 0.2) is 66.9 Å². The molecule has 0 fully saturated rings. The van der Waals surface area contributed by atoms with Crippen molar-refractivity contribution >= 4 is 11.7 Å². The summed E-state index contributed by atoms with van der Waals surface area (Å²) in [5.74, 6) is 0. The third kappa shape index (κ3) is 2.80. The molecule has 2 aromatic carbocycles. The monoisotopic (exact) mass is 331 g/mol. The first-order valence-corrected chi connectivity index (χ1v) is 8.53. The van der Waals surface area contributed by atoms with Gasteiger partial charge in [-0.05, 0) is 55.3 Å². The molecule has 126 valence electrons. The molecule has 0 saturated carbocycles. The fraction of sp³-hybridized carbons (Fsp3) is 0.190. The number of benzene rings is 2. The fourth-order valence-corrected chi connectivity index (χ4v) is 3.48. The van der Waals surface area contributed by atoms with Gasteiger partial charge in [-0.3, -0.25) is 0 Å². The summed E-state index contributed by atoms with van der Waals surface area (Å²) in [6.45, 7) is 4.68. The Bertz CT molecular complexity index is 928. The van der Waals surface area contributed by atoms with Gasteiger partial charge in [0, 0.05) is 17.6 Å². The molecule has 2 heterocycles. The highest BCUT2D eigenvalue weighted by atomic mass is 16.2. The average molecular weight is 331 g/mol. The zero-order valence-corrected chi connectivity index (χ0v) is 14.4. The van der Waals surface area contributed by atoms with Gasteiger partial charge >= 0.3 is 6.03 Å².